The highest BCUT2D eigenvalue weighted by Crippen LogP contribution is 2.40. The van der Waals surface area contributed by atoms with Gasteiger partial charge in [-0.2, -0.15) is 0 Å². The summed E-state index contributed by atoms with van der Waals surface area (Å²) in [5.74, 6) is 0.468. The molecule has 33 heavy (non-hydrogen) atoms. The number of piperazine rings is 1. The Hall–Kier alpha value is -3.16. The van der Waals surface area contributed by atoms with Gasteiger partial charge in [0.25, 0.3) is 5.91 Å². The van der Waals surface area contributed by atoms with Gasteiger partial charge in [0.2, 0.25) is 0 Å². The molecule has 1 fully saturated rings. The Labute approximate surface area is 194 Å². The molecule has 2 aromatic carbocycles. The molecule has 7 heteroatoms. The van der Waals surface area contributed by atoms with E-state index >= 15 is 0 Å². The average Bonchev–Trinajstić information content (AvgIpc) is 3.25. The fourth-order valence-electron chi connectivity index (χ4n) is 4.14. The van der Waals surface area contributed by atoms with Crippen molar-refractivity contribution in [1.29, 1.82) is 0 Å². The maximum atomic E-state index is 12.8. The van der Waals surface area contributed by atoms with Crippen molar-refractivity contribution in [3.05, 3.63) is 59.3 Å². The van der Waals surface area contributed by atoms with Gasteiger partial charge in [0, 0.05) is 39.3 Å². The van der Waals surface area contributed by atoms with Gasteiger partial charge in [-0.05, 0) is 41.7 Å². The van der Waals surface area contributed by atoms with Gasteiger partial charge >= 0.3 is 0 Å². The van der Waals surface area contributed by atoms with E-state index in [0.717, 1.165) is 43.9 Å². The van der Waals surface area contributed by atoms with Gasteiger partial charge in [0.05, 0.1) is 11.1 Å². The number of hydrogen-bond donors (Lipinski definition) is 3. The Morgan fingerprint density at radius 2 is 1.91 bits per heavy atom. The molecule has 0 radical (unpaired) electrons. The normalized spacial score (nSPS) is 14.5. The number of rotatable bonds is 7. The zero-order chi connectivity index (χ0) is 23.4. The number of nitrogens with zero attached hydrogens (tertiary/aromatic N) is 2. The summed E-state index contributed by atoms with van der Waals surface area (Å²) < 4.78 is 5.69. The summed E-state index contributed by atoms with van der Waals surface area (Å²) in [5, 5.41) is 20.9. The maximum Gasteiger partial charge on any atom is 0.274 e. The standard InChI is InChI=1S/C26H32N4O3/c1-4-28-26(32)24-23(19-7-5-18(6-8-19)16-30-13-11-27-12-14-30)25(33-29-24)21-15-20(17(2)3)9-10-22(21)31/h5-10,15,17,27,31H,4,11-14,16H2,1-3H3,(H,28,32). The van der Waals surface area contributed by atoms with Crippen molar-refractivity contribution in [2.24, 2.45) is 0 Å². The third-order valence-electron chi connectivity index (χ3n) is 6.03. The first-order valence-electron chi connectivity index (χ1n) is 11.6. The molecule has 0 bridgehead atoms. The number of carbonyl (C=O) groups excluding carboxylic acids is 1. The second-order valence-electron chi connectivity index (χ2n) is 8.75. The summed E-state index contributed by atoms with van der Waals surface area (Å²) in [6.07, 6.45) is 0. The molecule has 0 saturated carbocycles. The molecule has 1 aliphatic heterocycles. The first kappa shape index (κ1) is 23.0. The van der Waals surface area contributed by atoms with Crippen LogP contribution in [-0.4, -0.2) is 53.8 Å². The molecule has 1 aromatic heterocycles. The topological polar surface area (TPSA) is 90.6 Å². The second-order valence-corrected chi connectivity index (χ2v) is 8.75. The molecule has 174 valence electrons. The lowest BCUT2D eigenvalue weighted by atomic mass is 9.94. The minimum Gasteiger partial charge on any atom is -0.507 e. The summed E-state index contributed by atoms with van der Waals surface area (Å²) in [7, 11) is 0. The molecule has 0 aliphatic carbocycles. The van der Waals surface area contributed by atoms with E-state index in [0.29, 0.717) is 23.4 Å². The lowest BCUT2D eigenvalue weighted by Gasteiger charge is -2.27. The van der Waals surface area contributed by atoms with Crippen molar-refractivity contribution in [3.63, 3.8) is 0 Å². The Bertz CT molecular complexity index is 1100. The van der Waals surface area contributed by atoms with Crippen LogP contribution in [0.1, 0.15) is 48.3 Å². The molecule has 0 atom stereocenters. The fraction of sp³-hybridized carbons (Fsp3) is 0.385. The zero-order valence-electron chi connectivity index (χ0n) is 19.5. The third-order valence-corrected chi connectivity index (χ3v) is 6.03. The van der Waals surface area contributed by atoms with E-state index in [2.05, 4.69) is 46.7 Å². The quantitative estimate of drug-likeness (QED) is 0.506. The molecule has 7 nitrogen and oxygen atoms in total. The van der Waals surface area contributed by atoms with Crippen LogP contribution in [0.2, 0.25) is 0 Å². The maximum absolute atomic E-state index is 12.8. The van der Waals surface area contributed by atoms with Gasteiger partial charge in [-0.15, -0.1) is 0 Å². The SMILES string of the molecule is CCNC(=O)c1noc(-c2cc(C(C)C)ccc2O)c1-c1ccc(CN2CCNCC2)cc1. The number of benzene rings is 2. The number of phenolic OH excluding ortho intramolecular Hbond substituents is 1. The average molecular weight is 449 g/mol. The Kier molecular flexibility index (Phi) is 7.11. The van der Waals surface area contributed by atoms with Gasteiger partial charge in [-0.1, -0.05) is 49.3 Å². The van der Waals surface area contributed by atoms with Gasteiger partial charge in [0.1, 0.15) is 5.75 Å². The largest absolute Gasteiger partial charge is 0.507 e. The fourth-order valence-corrected chi connectivity index (χ4v) is 4.14. The zero-order valence-corrected chi connectivity index (χ0v) is 19.5. The van der Waals surface area contributed by atoms with Gasteiger partial charge in [-0.25, -0.2) is 0 Å². The van der Waals surface area contributed by atoms with Crippen molar-refractivity contribution in [1.82, 2.24) is 20.7 Å². The summed E-state index contributed by atoms with van der Waals surface area (Å²) in [6, 6.07) is 13.6. The van der Waals surface area contributed by atoms with Gasteiger partial charge in [0.15, 0.2) is 11.5 Å². The van der Waals surface area contributed by atoms with Crippen molar-refractivity contribution >= 4 is 5.91 Å². The van der Waals surface area contributed by atoms with Crippen LogP contribution in [0.5, 0.6) is 5.75 Å². The molecule has 4 rings (SSSR count). The van der Waals surface area contributed by atoms with Crippen LogP contribution in [0.25, 0.3) is 22.5 Å². The van der Waals surface area contributed by atoms with Crippen molar-refractivity contribution in [2.45, 2.75) is 33.2 Å². The highest BCUT2D eigenvalue weighted by Gasteiger charge is 2.26. The number of carbonyl (C=O) groups is 1. The Balaban J connectivity index is 1.74. The molecule has 3 N–H and O–H groups in total. The first-order chi connectivity index (χ1) is 16.0. The van der Waals surface area contributed by atoms with Crippen LogP contribution < -0.4 is 10.6 Å². The van der Waals surface area contributed by atoms with Crippen LogP contribution in [-0.2, 0) is 6.54 Å². The van der Waals surface area contributed by atoms with Crippen molar-refractivity contribution in [2.75, 3.05) is 32.7 Å². The minimum absolute atomic E-state index is 0.0922. The van der Waals surface area contributed by atoms with E-state index in [9.17, 15) is 9.90 Å². The van der Waals surface area contributed by atoms with E-state index in [-0.39, 0.29) is 23.3 Å². The van der Waals surface area contributed by atoms with Crippen LogP contribution in [0, 0.1) is 0 Å². The molecule has 1 amide bonds. The van der Waals surface area contributed by atoms with Crippen molar-refractivity contribution in [3.8, 4) is 28.2 Å². The first-order valence-corrected chi connectivity index (χ1v) is 11.6. The monoisotopic (exact) mass is 448 g/mol. The molecule has 0 spiro atoms. The van der Waals surface area contributed by atoms with Crippen LogP contribution >= 0.6 is 0 Å². The van der Waals surface area contributed by atoms with Crippen LogP contribution in [0.3, 0.4) is 0 Å². The Morgan fingerprint density at radius 3 is 2.58 bits per heavy atom. The smallest absolute Gasteiger partial charge is 0.274 e. The lowest BCUT2D eigenvalue weighted by Crippen LogP contribution is -2.42. The van der Waals surface area contributed by atoms with Crippen LogP contribution in [0.4, 0.5) is 0 Å². The molecule has 1 aliphatic rings. The van der Waals surface area contributed by atoms with Crippen molar-refractivity contribution < 1.29 is 14.4 Å². The predicted octanol–water partition coefficient (Wildman–Crippen LogP) is 3.99. The third kappa shape index (κ3) is 5.10. The van der Waals surface area contributed by atoms with Gasteiger partial charge in [-0.3, -0.25) is 9.69 Å². The van der Waals surface area contributed by atoms with Crippen LogP contribution in [0.15, 0.2) is 47.0 Å². The van der Waals surface area contributed by atoms with E-state index in [1.165, 1.54) is 5.56 Å². The molecule has 2 heterocycles. The van der Waals surface area contributed by atoms with E-state index < -0.39 is 0 Å². The number of aromatic nitrogens is 1. The highest BCUT2D eigenvalue weighted by molar-refractivity contribution is 6.02. The molecule has 1 saturated heterocycles. The van der Waals surface area contributed by atoms with E-state index in [1.807, 2.05) is 31.2 Å². The Morgan fingerprint density at radius 1 is 1.18 bits per heavy atom. The van der Waals surface area contributed by atoms with E-state index in [4.69, 9.17) is 4.52 Å². The summed E-state index contributed by atoms with van der Waals surface area (Å²) in [6.45, 7) is 11.5. The molecule has 3 aromatic rings. The summed E-state index contributed by atoms with van der Waals surface area (Å²) in [4.78, 5) is 15.2. The molecular formula is C26H32N4O3. The number of nitrogens with one attached hydrogen (secondary N) is 2. The predicted molar refractivity (Wildman–Crippen MR) is 129 cm³/mol. The summed E-state index contributed by atoms with van der Waals surface area (Å²) >= 11 is 0. The number of amides is 1. The number of aromatic hydroxyl groups is 1. The number of phenols is 1. The van der Waals surface area contributed by atoms with Gasteiger partial charge < -0.3 is 20.3 Å². The molecular weight excluding hydrogens is 416 g/mol. The molecule has 0 unspecified atom stereocenters. The second kappa shape index (κ2) is 10.2. The van der Waals surface area contributed by atoms with E-state index in [1.54, 1.807) is 6.07 Å². The highest BCUT2D eigenvalue weighted by atomic mass is 16.5. The number of hydrogen-bond acceptors (Lipinski definition) is 6. The minimum atomic E-state index is -0.299. The summed E-state index contributed by atoms with van der Waals surface area (Å²) in [5.41, 5.74) is 4.44. The lowest BCUT2D eigenvalue weighted by molar-refractivity contribution is 0.0947.